The van der Waals surface area contributed by atoms with Crippen molar-refractivity contribution in [2.24, 2.45) is 11.8 Å². The number of aliphatic hydroxyl groups excluding tert-OH is 3. The zero-order chi connectivity index (χ0) is 12.6. The zero-order valence-corrected chi connectivity index (χ0v) is 10.9. The summed E-state index contributed by atoms with van der Waals surface area (Å²) in [6.45, 7) is 6.25. The molecule has 0 radical (unpaired) electrons. The van der Waals surface area contributed by atoms with Crippen molar-refractivity contribution in [1.29, 1.82) is 0 Å². The number of hydrogen-bond donors (Lipinski definition) is 3. The van der Waals surface area contributed by atoms with E-state index in [1.807, 2.05) is 13.8 Å². The van der Waals surface area contributed by atoms with Crippen LogP contribution in [-0.4, -0.2) is 34.1 Å². The molecule has 0 fully saturated rings. The Bertz CT molecular complexity index is 161. The van der Waals surface area contributed by atoms with E-state index < -0.39 is 12.2 Å². The van der Waals surface area contributed by atoms with E-state index in [1.54, 1.807) is 0 Å². The molecule has 0 aromatic heterocycles. The first-order valence-corrected chi connectivity index (χ1v) is 6.49. The Morgan fingerprint density at radius 1 is 1.06 bits per heavy atom. The van der Waals surface area contributed by atoms with Crippen LogP contribution in [0.4, 0.5) is 0 Å². The minimum absolute atomic E-state index is 0.148. The summed E-state index contributed by atoms with van der Waals surface area (Å²) >= 11 is 0. The molecule has 0 bridgehead atoms. The quantitative estimate of drug-likeness (QED) is 0.569. The van der Waals surface area contributed by atoms with E-state index in [4.69, 9.17) is 5.11 Å². The van der Waals surface area contributed by atoms with Crippen molar-refractivity contribution in [1.82, 2.24) is 0 Å². The third kappa shape index (κ3) is 6.46. The van der Waals surface area contributed by atoms with Crippen LogP contribution in [0.15, 0.2) is 0 Å². The first-order valence-electron chi connectivity index (χ1n) is 6.49. The predicted octanol–water partition coefficient (Wildman–Crippen LogP) is 1.94. The van der Waals surface area contributed by atoms with E-state index in [0.29, 0.717) is 12.8 Å². The van der Waals surface area contributed by atoms with Crippen molar-refractivity contribution in [2.75, 3.05) is 6.61 Å². The summed E-state index contributed by atoms with van der Waals surface area (Å²) in [5.74, 6) is 0.407. The van der Waals surface area contributed by atoms with Gasteiger partial charge in [-0.1, -0.05) is 33.6 Å². The molecule has 0 spiro atoms. The molecule has 3 nitrogen and oxygen atoms in total. The summed E-state index contributed by atoms with van der Waals surface area (Å²) in [6.07, 6.45) is 3.14. The van der Waals surface area contributed by atoms with Gasteiger partial charge in [0.1, 0.15) is 0 Å². The highest BCUT2D eigenvalue weighted by Gasteiger charge is 2.23. The summed E-state index contributed by atoms with van der Waals surface area (Å²) in [4.78, 5) is 0. The Morgan fingerprint density at radius 2 is 1.69 bits per heavy atom. The fourth-order valence-corrected chi connectivity index (χ4v) is 1.97. The first kappa shape index (κ1) is 15.9. The molecule has 0 unspecified atom stereocenters. The molecule has 0 aliphatic heterocycles. The molecule has 0 aromatic carbocycles. The van der Waals surface area contributed by atoms with E-state index in [2.05, 4.69) is 6.92 Å². The van der Waals surface area contributed by atoms with Gasteiger partial charge in [0, 0.05) is 6.61 Å². The van der Waals surface area contributed by atoms with Gasteiger partial charge in [-0.3, -0.25) is 0 Å². The number of hydrogen-bond acceptors (Lipinski definition) is 3. The molecule has 3 N–H and O–H groups in total. The molecule has 0 saturated heterocycles. The first-order chi connectivity index (χ1) is 7.52. The van der Waals surface area contributed by atoms with Gasteiger partial charge in [0.25, 0.3) is 0 Å². The lowest BCUT2D eigenvalue weighted by Crippen LogP contribution is -2.33. The van der Waals surface area contributed by atoms with Gasteiger partial charge in [-0.25, -0.2) is 0 Å². The van der Waals surface area contributed by atoms with Crippen LogP contribution in [0.1, 0.15) is 52.9 Å². The van der Waals surface area contributed by atoms with Crippen molar-refractivity contribution < 1.29 is 15.3 Å². The van der Waals surface area contributed by atoms with Crippen LogP contribution in [0, 0.1) is 11.8 Å². The lowest BCUT2D eigenvalue weighted by atomic mass is 9.89. The second kappa shape index (κ2) is 8.97. The van der Waals surface area contributed by atoms with Crippen LogP contribution in [0.2, 0.25) is 0 Å². The molecule has 0 aliphatic carbocycles. The molecular weight excluding hydrogens is 204 g/mol. The molecule has 0 rings (SSSR count). The summed E-state index contributed by atoms with van der Waals surface area (Å²) in [5, 5.41) is 28.5. The fourth-order valence-electron chi connectivity index (χ4n) is 1.97. The van der Waals surface area contributed by atoms with E-state index in [1.165, 1.54) is 0 Å². The Labute approximate surface area is 99.5 Å². The highest BCUT2D eigenvalue weighted by molar-refractivity contribution is 4.74. The topological polar surface area (TPSA) is 60.7 Å². The van der Waals surface area contributed by atoms with Gasteiger partial charge in [-0.2, -0.15) is 0 Å². The lowest BCUT2D eigenvalue weighted by Gasteiger charge is -2.25. The molecule has 3 heteroatoms. The summed E-state index contributed by atoms with van der Waals surface area (Å²) < 4.78 is 0. The van der Waals surface area contributed by atoms with Crippen molar-refractivity contribution in [3.8, 4) is 0 Å². The van der Waals surface area contributed by atoms with Crippen molar-refractivity contribution in [2.45, 2.75) is 65.1 Å². The van der Waals surface area contributed by atoms with Gasteiger partial charge in [0.15, 0.2) is 0 Å². The SMILES string of the molecule is CCCC[C@@H](C)[C@@H](O)[C@@H](O)C[C@@H](C)CCO. The van der Waals surface area contributed by atoms with Gasteiger partial charge in [-0.15, -0.1) is 0 Å². The molecule has 0 saturated carbocycles. The highest BCUT2D eigenvalue weighted by Crippen LogP contribution is 2.20. The largest absolute Gasteiger partial charge is 0.396 e. The Hall–Kier alpha value is -0.120. The van der Waals surface area contributed by atoms with Gasteiger partial charge in [0.2, 0.25) is 0 Å². The minimum atomic E-state index is -0.659. The molecule has 98 valence electrons. The van der Waals surface area contributed by atoms with Crippen LogP contribution in [0.5, 0.6) is 0 Å². The van der Waals surface area contributed by atoms with Crippen LogP contribution >= 0.6 is 0 Å². The minimum Gasteiger partial charge on any atom is -0.396 e. The standard InChI is InChI=1S/C13H28O3/c1-4-5-6-11(3)13(16)12(15)9-10(2)7-8-14/h10-16H,4-9H2,1-3H3/t10-,11+,12-,13+/m0/s1. The highest BCUT2D eigenvalue weighted by atomic mass is 16.3. The second-order valence-corrected chi connectivity index (χ2v) is 5.03. The maximum absolute atomic E-state index is 9.92. The second-order valence-electron chi connectivity index (χ2n) is 5.03. The third-order valence-corrected chi connectivity index (χ3v) is 3.26. The number of aliphatic hydroxyl groups is 3. The van der Waals surface area contributed by atoms with Crippen LogP contribution in [0.3, 0.4) is 0 Å². The fraction of sp³-hybridized carbons (Fsp3) is 1.00. The van der Waals surface area contributed by atoms with Gasteiger partial charge < -0.3 is 15.3 Å². The predicted molar refractivity (Wildman–Crippen MR) is 66.2 cm³/mol. The van der Waals surface area contributed by atoms with Crippen LogP contribution in [0.25, 0.3) is 0 Å². The maximum atomic E-state index is 9.92. The normalized spacial score (nSPS) is 19.1. The Balaban J connectivity index is 3.91. The van der Waals surface area contributed by atoms with Gasteiger partial charge >= 0.3 is 0 Å². The molecule has 0 aliphatic rings. The lowest BCUT2D eigenvalue weighted by molar-refractivity contribution is -0.0268. The van der Waals surface area contributed by atoms with E-state index >= 15 is 0 Å². The molecule has 0 aromatic rings. The average Bonchev–Trinajstić information content (AvgIpc) is 2.24. The molecule has 4 atom stereocenters. The van der Waals surface area contributed by atoms with Crippen molar-refractivity contribution in [3.63, 3.8) is 0 Å². The van der Waals surface area contributed by atoms with Gasteiger partial charge in [0.05, 0.1) is 12.2 Å². The Kier molecular flexibility index (Phi) is 8.90. The number of rotatable bonds is 9. The summed E-state index contributed by atoms with van der Waals surface area (Å²) in [5.41, 5.74) is 0. The summed E-state index contributed by atoms with van der Waals surface area (Å²) in [7, 11) is 0. The number of unbranched alkanes of at least 4 members (excludes halogenated alkanes) is 1. The molecule has 16 heavy (non-hydrogen) atoms. The van der Waals surface area contributed by atoms with Crippen LogP contribution < -0.4 is 0 Å². The van der Waals surface area contributed by atoms with E-state index in [0.717, 1.165) is 19.3 Å². The molecule has 0 amide bonds. The monoisotopic (exact) mass is 232 g/mol. The zero-order valence-electron chi connectivity index (χ0n) is 10.9. The average molecular weight is 232 g/mol. The molecular formula is C13H28O3. The van der Waals surface area contributed by atoms with Crippen molar-refractivity contribution >= 4 is 0 Å². The molecule has 0 heterocycles. The summed E-state index contributed by atoms with van der Waals surface area (Å²) in [6, 6.07) is 0. The maximum Gasteiger partial charge on any atom is 0.0824 e. The van der Waals surface area contributed by atoms with E-state index in [9.17, 15) is 10.2 Å². The van der Waals surface area contributed by atoms with Gasteiger partial charge in [-0.05, 0) is 31.1 Å². The third-order valence-electron chi connectivity index (χ3n) is 3.26. The van der Waals surface area contributed by atoms with E-state index in [-0.39, 0.29) is 18.4 Å². The Morgan fingerprint density at radius 3 is 2.19 bits per heavy atom. The van der Waals surface area contributed by atoms with Crippen LogP contribution in [-0.2, 0) is 0 Å². The van der Waals surface area contributed by atoms with Crippen molar-refractivity contribution in [3.05, 3.63) is 0 Å². The smallest absolute Gasteiger partial charge is 0.0824 e.